The predicted molar refractivity (Wildman–Crippen MR) is 115 cm³/mol. The van der Waals surface area contributed by atoms with Gasteiger partial charge in [-0.2, -0.15) is 0 Å². The summed E-state index contributed by atoms with van der Waals surface area (Å²) in [5, 5.41) is 14.6. The van der Waals surface area contributed by atoms with E-state index >= 15 is 0 Å². The highest BCUT2D eigenvalue weighted by molar-refractivity contribution is 6.39. The second-order valence-corrected chi connectivity index (χ2v) is 7.17. The highest BCUT2D eigenvalue weighted by Gasteiger charge is 2.17. The average Bonchev–Trinajstić information content (AvgIpc) is 3.22. The Labute approximate surface area is 179 Å². The van der Waals surface area contributed by atoms with E-state index in [0.29, 0.717) is 23.5 Å². The summed E-state index contributed by atoms with van der Waals surface area (Å²) < 4.78 is 1.62. The molecule has 160 valence electrons. The van der Waals surface area contributed by atoms with E-state index in [0.717, 1.165) is 5.56 Å². The molecule has 1 unspecified atom stereocenters. The van der Waals surface area contributed by atoms with Crippen molar-refractivity contribution < 1.29 is 19.5 Å². The molecular formula is C23H24N4O4. The molecule has 8 heteroatoms. The minimum Gasteiger partial charge on any atom is -0.396 e. The average molecular weight is 420 g/mol. The first-order valence-electron chi connectivity index (χ1n) is 9.84. The van der Waals surface area contributed by atoms with Crippen molar-refractivity contribution in [3.8, 4) is 0 Å². The molecule has 31 heavy (non-hydrogen) atoms. The number of ketones is 1. The quantitative estimate of drug-likeness (QED) is 0.378. The fourth-order valence-corrected chi connectivity index (χ4v) is 3.07. The van der Waals surface area contributed by atoms with Crippen LogP contribution in [0.2, 0.25) is 0 Å². The minimum atomic E-state index is -0.820. The summed E-state index contributed by atoms with van der Waals surface area (Å²) in [6.45, 7) is 0.0665. The second kappa shape index (κ2) is 10.3. The molecule has 0 aliphatic carbocycles. The lowest BCUT2D eigenvalue weighted by Gasteiger charge is -2.15. The molecule has 0 spiro atoms. The Kier molecular flexibility index (Phi) is 7.29. The van der Waals surface area contributed by atoms with Crippen molar-refractivity contribution in [3.63, 3.8) is 0 Å². The Hall–Kier alpha value is -3.78. The molecule has 3 N–H and O–H groups in total. The van der Waals surface area contributed by atoms with E-state index in [1.54, 1.807) is 48.3 Å². The number of carbonyl (C=O) groups excluding carboxylic acids is 3. The van der Waals surface area contributed by atoms with E-state index in [1.165, 1.54) is 0 Å². The first kappa shape index (κ1) is 21.9. The molecule has 2 aromatic carbocycles. The number of amides is 2. The van der Waals surface area contributed by atoms with Crippen LogP contribution in [0.15, 0.2) is 67.0 Å². The maximum Gasteiger partial charge on any atom is 0.313 e. The summed E-state index contributed by atoms with van der Waals surface area (Å²) in [5.41, 5.74) is 1.85. The molecular weight excluding hydrogens is 396 g/mol. The van der Waals surface area contributed by atoms with Crippen molar-refractivity contribution in [2.24, 2.45) is 13.0 Å². The van der Waals surface area contributed by atoms with Crippen molar-refractivity contribution in [1.29, 1.82) is 0 Å². The Bertz CT molecular complexity index is 1040. The summed E-state index contributed by atoms with van der Waals surface area (Å²) >= 11 is 0. The molecule has 0 aliphatic rings. The van der Waals surface area contributed by atoms with Gasteiger partial charge in [0, 0.05) is 49.8 Å². The van der Waals surface area contributed by atoms with Gasteiger partial charge in [-0.25, -0.2) is 4.98 Å². The topological polar surface area (TPSA) is 113 Å². The van der Waals surface area contributed by atoms with Crippen LogP contribution in [0, 0.1) is 5.92 Å². The van der Waals surface area contributed by atoms with Crippen molar-refractivity contribution in [2.75, 3.05) is 18.5 Å². The molecule has 2 amide bonds. The van der Waals surface area contributed by atoms with E-state index in [9.17, 15) is 19.5 Å². The highest BCUT2D eigenvalue weighted by Crippen LogP contribution is 2.13. The van der Waals surface area contributed by atoms with Crippen molar-refractivity contribution in [3.05, 3.63) is 83.9 Å². The summed E-state index contributed by atoms with van der Waals surface area (Å²) in [5.74, 6) is -1.74. The molecule has 0 radical (unpaired) electrons. The SMILES string of the molecule is Cn1ccnc1C(=O)c1ccc(NC(=O)C(=O)NCC(CO)Cc2ccccc2)cc1. The molecule has 1 aromatic heterocycles. The number of imidazole rings is 1. The number of hydrogen-bond donors (Lipinski definition) is 3. The van der Waals surface area contributed by atoms with Crippen LogP contribution in [0.5, 0.6) is 0 Å². The van der Waals surface area contributed by atoms with Gasteiger partial charge < -0.3 is 20.3 Å². The third-order valence-corrected chi connectivity index (χ3v) is 4.81. The van der Waals surface area contributed by atoms with Crippen LogP contribution in [0.25, 0.3) is 0 Å². The van der Waals surface area contributed by atoms with Crippen LogP contribution in [0.3, 0.4) is 0 Å². The Morgan fingerprint density at radius 2 is 1.74 bits per heavy atom. The zero-order chi connectivity index (χ0) is 22.2. The number of rotatable bonds is 8. The minimum absolute atomic E-state index is 0.109. The molecule has 1 atom stereocenters. The van der Waals surface area contributed by atoms with Gasteiger partial charge in [0.05, 0.1) is 0 Å². The number of aromatic nitrogens is 2. The van der Waals surface area contributed by atoms with E-state index in [-0.39, 0.29) is 24.9 Å². The lowest BCUT2D eigenvalue weighted by Crippen LogP contribution is -2.39. The normalized spacial score (nSPS) is 11.5. The largest absolute Gasteiger partial charge is 0.396 e. The van der Waals surface area contributed by atoms with Crippen LogP contribution < -0.4 is 10.6 Å². The molecule has 3 rings (SSSR count). The van der Waals surface area contributed by atoms with E-state index < -0.39 is 11.8 Å². The number of aliphatic hydroxyl groups is 1. The van der Waals surface area contributed by atoms with Gasteiger partial charge in [0.15, 0.2) is 5.82 Å². The smallest absolute Gasteiger partial charge is 0.313 e. The Morgan fingerprint density at radius 1 is 1.03 bits per heavy atom. The predicted octanol–water partition coefficient (Wildman–Crippen LogP) is 1.56. The first-order valence-corrected chi connectivity index (χ1v) is 9.84. The molecule has 0 bridgehead atoms. The molecule has 0 fully saturated rings. The van der Waals surface area contributed by atoms with Crippen molar-refractivity contribution in [2.45, 2.75) is 6.42 Å². The molecule has 3 aromatic rings. The number of carbonyl (C=O) groups is 3. The van der Waals surface area contributed by atoms with Gasteiger partial charge >= 0.3 is 11.8 Å². The first-order chi connectivity index (χ1) is 15.0. The van der Waals surface area contributed by atoms with E-state index in [2.05, 4.69) is 15.6 Å². The summed E-state index contributed by atoms with van der Waals surface area (Å²) in [4.78, 5) is 40.7. The number of nitrogens with zero attached hydrogens (tertiary/aromatic N) is 2. The maximum atomic E-state index is 12.4. The van der Waals surface area contributed by atoms with Crippen molar-refractivity contribution in [1.82, 2.24) is 14.9 Å². The Morgan fingerprint density at radius 3 is 2.35 bits per heavy atom. The summed E-state index contributed by atoms with van der Waals surface area (Å²) in [6, 6.07) is 15.8. The molecule has 0 saturated carbocycles. The van der Waals surface area contributed by atoms with Crippen LogP contribution in [-0.2, 0) is 23.1 Å². The number of anilines is 1. The molecule has 8 nitrogen and oxygen atoms in total. The lowest BCUT2D eigenvalue weighted by atomic mass is 10.00. The third kappa shape index (κ3) is 5.86. The van der Waals surface area contributed by atoms with Gasteiger partial charge in [0.2, 0.25) is 5.78 Å². The Balaban J connectivity index is 1.51. The highest BCUT2D eigenvalue weighted by atomic mass is 16.3. The van der Waals surface area contributed by atoms with Gasteiger partial charge in [-0.3, -0.25) is 14.4 Å². The number of benzene rings is 2. The summed E-state index contributed by atoms with van der Waals surface area (Å²) in [6.07, 6.45) is 3.81. The maximum absolute atomic E-state index is 12.4. The fraction of sp³-hybridized carbons (Fsp3) is 0.217. The van der Waals surface area contributed by atoms with Crippen LogP contribution in [0.1, 0.15) is 21.7 Å². The molecule has 0 saturated heterocycles. The molecule has 0 aliphatic heterocycles. The van der Waals surface area contributed by atoms with E-state index in [4.69, 9.17) is 0 Å². The van der Waals surface area contributed by atoms with Gasteiger partial charge in [-0.05, 0) is 36.2 Å². The number of nitrogens with one attached hydrogen (secondary N) is 2. The summed E-state index contributed by atoms with van der Waals surface area (Å²) in [7, 11) is 1.73. The zero-order valence-corrected chi connectivity index (χ0v) is 17.1. The van der Waals surface area contributed by atoms with Gasteiger partial charge in [-0.15, -0.1) is 0 Å². The van der Waals surface area contributed by atoms with Crippen LogP contribution in [-0.4, -0.2) is 45.4 Å². The second-order valence-electron chi connectivity index (χ2n) is 7.17. The zero-order valence-electron chi connectivity index (χ0n) is 17.1. The van der Waals surface area contributed by atoms with Crippen molar-refractivity contribution >= 4 is 23.3 Å². The van der Waals surface area contributed by atoms with Crippen LogP contribution >= 0.6 is 0 Å². The number of hydrogen-bond acceptors (Lipinski definition) is 5. The molecule has 1 heterocycles. The monoisotopic (exact) mass is 420 g/mol. The lowest BCUT2D eigenvalue weighted by molar-refractivity contribution is -0.136. The van der Waals surface area contributed by atoms with Crippen LogP contribution in [0.4, 0.5) is 5.69 Å². The van der Waals surface area contributed by atoms with Gasteiger partial charge in [-0.1, -0.05) is 30.3 Å². The van der Waals surface area contributed by atoms with Gasteiger partial charge in [0.25, 0.3) is 0 Å². The van der Waals surface area contributed by atoms with Gasteiger partial charge in [0.1, 0.15) is 0 Å². The fourth-order valence-electron chi connectivity index (χ4n) is 3.07. The third-order valence-electron chi connectivity index (χ3n) is 4.81. The number of aliphatic hydroxyl groups excluding tert-OH is 1. The standard InChI is InChI=1S/C23H24N4O4/c1-27-12-11-24-21(27)20(29)18-7-9-19(10-8-18)26-23(31)22(30)25-14-17(15-28)13-16-5-3-2-4-6-16/h2-12,17,28H,13-15H2,1H3,(H,25,30)(H,26,31). The van der Waals surface area contributed by atoms with E-state index in [1.807, 2.05) is 30.3 Å². The number of aryl methyl sites for hydroxylation is 1.